The number of nitrogens with zero attached hydrogens (tertiary/aromatic N) is 5. The number of hydrogen-bond acceptors (Lipinski definition) is 8. The molecule has 2 amide bonds. The molecule has 0 saturated heterocycles. The molecule has 1 fully saturated rings. The molecule has 3 aromatic rings. The Balaban J connectivity index is 1.29. The molecule has 11 nitrogen and oxygen atoms in total. The Kier molecular flexibility index (Phi) is 6.64. The summed E-state index contributed by atoms with van der Waals surface area (Å²) in [5.74, 6) is 2.30. The summed E-state index contributed by atoms with van der Waals surface area (Å²) in [7, 11) is 0. The zero-order valence-corrected chi connectivity index (χ0v) is 19.6. The van der Waals surface area contributed by atoms with Crippen LogP contribution >= 0.6 is 0 Å². The molecule has 0 bridgehead atoms. The highest BCUT2D eigenvalue weighted by atomic mass is 16.7. The maximum atomic E-state index is 13.3. The summed E-state index contributed by atoms with van der Waals surface area (Å²) in [5, 5.41) is 15.3. The Morgan fingerprint density at radius 1 is 1.11 bits per heavy atom. The molecule has 11 heteroatoms. The third-order valence-corrected chi connectivity index (χ3v) is 6.16. The first-order valence-corrected chi connectivity index (χ1v) is 11.8. The van der Waals surface area contributed by atoms with E-state index in [9.17, 15) is 9.59 Å². The largest absolute Gasteiger partial charge is 0.458 e. The van der Waals surface area contributed by atoms with Gasteiger partial charge in [0.1, 0.15) is 12.3 Å². The van der Waals surface area contributed by atoms with E-state index in [0.717, 1.165) is 37.0 Å². The monoisotopic (exact) mass is 480 g/mol. The molecule has 3 heterocycles. The summed E-state index contributed by atoms with van der Waals surface area (Å²) in [6.07, 6.45) is 5.37. The Labute approximate surface area is 202 Å². The Morgan fingerprint density at radius 2 is 1.94 bits per heavy atom. The van der Waals surface area contributed by atoms with Gasteiger partial charge in [0.2, 0.25) is 24.4 Å². The van der Waals surface area contributed by atoms with Crippen LogP contribution in [-0.4, -0.2) is 56.3 Å². The molecule has 1 aliphatic heterocycles. The number of tetrazole rings is 1. The van der Waals surface area contributed by atoms with Crippen LogP contribution in [0.3, 0.4) is 0 Å². The van der Waals surface area contributed by atoms with Gasteiger partial charge >= 0.3 is 0 Å². The summed E-state index contributed by atoms with van der Waals surface area (Å²) < 4.78 is 16.4. The fraction of sp³-hybridized carbons (Fsp3) is 0.458. The Morgan fingerprint density at radius 3 is 2.74 bits per heavy atom. The molecule has 1 saturated carbocycles. The second-order valence-corrected chi connectivity index (χ2v) is 8.89. The van der Waals surface area contributed by atoms with E-state index in [1.54, 1.807) is 18.2 Å². The SMILES string of the molecule is Cc1ccc(-c2nnn(CC(=O)N(CC(=O)NC3CCCCC3)Cc3ccc4c(c3)OCO4)n2)o1. The van der Waals surface area contributed by atoms with Crippen LogP contribution in [0.1, 0.15) is 43.4 Å². The number of ether oxygens (including phenoxy) is 2. The molecule has 184 valence electrons. The number of benzene rings is 1. The minimum Gasteiger partial charge on any atom is -0.458 e. The number of carbonyl (C=O) groups excluding carboxylic acids is 2. The molecule has 1 N–H and O–H groups in total. The van der Waals surface area contributed by atoms with E-state index in [1.807, 2.05) is 19.1 Å². The number of amides is 2. The third-order valence-electron chi connectivity index (χ3n) is 6.16. The number of aromatic nitrogens is 4. The minimum atomic E-state index is -0.305. The van der Waals surface area contributed by atoms with Crippen LogP contribution in [0.2, 0.25) is 0 Å². The van der Waals surface area contributed by atoms with E-state index < -0.39 is 0 Å². The van der Waals surface area contributed by atoms with E-state index in [-0.39, 0.29) is 44.3 Å². The molecule has 0 spiro atoms. The fourth-order valence-electron chi connectivity index (χ4n) is 4.37. The number of carbonyl (C=O) groups is 2. The summed E-state index contributed by atoms with van der Waals surface area (Å²) in [5.41, 5.74) is 0.825. The normalized spacial score (nSPS) is 15.2. The average Bonchev–Trinajstić information content (AvgIpc) is 3.60. The van der Waals surface area contributed by atoms with Crippen LogP contribution in [0.5, 0.6) is 11.5 Å². The van der Waals surface area contributed by atoms with Crippen LogP contribution in [-0.2, 0) is 22.7 Å². The third kappa shape index (κ3) is 5.61. The van der Waals surface area contributed by atoms with Gasteiger partial charge < -0.3 is 24.1 Å². The minimum absolute atomic E-state index is 0.0668. The topological polar surface area (TPSA) is 125 Å². The number of hydrogen-bond donors (Lipinski definition) is 1. The van der Waals surface area contributed by atoms with Crippen molar-refractivity contribution in [1.29, 1.82) is 0 Å². The molecule has 0 unspecified atom stereocenters. The zero-order valence-electron chi connectivity index (χ0n) is 19.6. The van der Waals surface area contributed by atoms with Crippen LogP contribution in [0.25, 0.3) is 11.6 Å². The van der Waals surface area contributed by atoms with E-state index in [4.69, 9.17) is 13.9 Å². The second kappa shape index (κ2) is 10.2. The molecular formula is C24H28N6O5. The molecule has 0 radical (unpaired) electrons. The van der Waals surface area contributed by atoms with Gasteiger partial charge in [-0.2, -0.15) is 4.80 Å². The molecule has 1 aliphatic carbocycles. The number of fused-ring (bicyclic) bond motifs is 1. The highest BCUT2D eigenvalue weighted by Crippen LogP contribution is 2.32. The number of nitrogens with one attached hydrogen (secondary N) is 1. The predicted octanol–water partition coefficient (Wildman–Crippen LogP) is 2.45. The van der Waals surface area contributed by atoms with Crippen molar-refractivity contribution in [2.45, 2.75) is 58.2 Å². The Hall–Kier alpha value is -3.89. The van der Waals surface area contributed by atoms with Crippen molar-refractivity contribution >= 4 is 11.8 Å². The quantitative estimate of drug-likeness (QED) is 0.521. The van der Waals surface area contributed by atoms with Gasteiger partial charge in [-0.25, -0.2) is 0 Å². The van der Waals surface area contributed by atoms with Crippen molar-refractivity contribution in [3.05, 3.63) is 41.7 Å². The predicted molar refractivity (Wildman–Crippen MR) is 123 cm³/mol. The summed E-state index contributed by atoms with van der Waals surface area (Å²) in [6, 6.07) is 9.21. The van der Waals surface area contributed by atoms with E-state index >= 15 is 0 Å². The first-order valence-electron chi connectivity index (χ1n) is 11.8. The molecule has 0 atom stereocenters. The van der Waals surface area contributed by atoms with Gasteiger partial charge in [-0.3, -0.25) is 9.59 Å². The van der Waals surface area contributed by atoms with Gasteiger partial charge in [-0.1, -0.05) is 25.3 Å². The van der Waals surface area contributed by atoms with Gasteiger partial charge in [0.05, 0.1) is 6.54 Å². The maximum Gasteiger partial charge on any atom is 0.247 e. The number of furan rings is 1. The highest BCUT2D eigenvalue weighted by Gasteiger charge is 2.23. The molecule has 2 aliphatic rings. The van der Waals surface area contributed by atoms with Gasteiger partial charge in [0.15, 0.2) is 17.3 Å². The van der Waals surface area contributed by atoms with Crippen LogP contribution < -0.4 is 14.8 Å². The first kappa shape index (κ1) is 22.9. The average molecular weight is 481 g/mol. The van der Waals surface area contributed by atoms with Crippen LogP contribution in [0, 0.1) is 6.92 Å². The van der Waals surface area contributed by atoms with Crippen molar-refractivity contribution in [3.8, 4) is 23.1 Å². The summed E-state index contributed by atoms with van der Waals surface area (Å²) >= 11 is 0. The lowest BCUT2D eigenvalue weighted by Gasteiger charge is -2.26. The van der Waals surface area contributed by atoms with Crippen molar-refractivity contribution < 1.29 is 23.5 Å². The van der Waals surface area contributed by atoms with Crippen molar-refractivity contribution in [2.75, 3.05) is 13.3 Å². The summed E-state index contributed by atoms with van der Waals surface area (Å²) in [6.45, 7) is 1.99. The molecule has 35 heavy (non-hydrogen) atoms. The lowest BCUT2D eigenvalue weighted by molar-refractivity contribution is -0.137. The van der Waals surface area contributed by atoms with Gasteiger partial charge in [-0.05, 0) is 54.8 Å². The maximum absolute atomic E-state index is 13.3. The number of rotatable bonds is 8. The van der Waals surface area contributed by atoms with Crippen LogP contribution in [0.4, 0.5) is 0 Å². The van der Waals surface area contributed by atoms with E-state index in [1.165, 1.54) is 16.1 Å². The van der Waals surface area contributed by atoms with Gasteiger partial charge in [0, 0.05) is 12.6 Å². The van der Waals surface area contributed by atoms with Crippen LogP contribution in [0.15, 0.2) is 34.7 Å². The van der Waals surface area contributed by atoms with E-state index in [0.29, 0.717) is 23.1 Å². The summed E-state index contributed by atoms with van der Waals surface area (Å²) in [4.78, 5) is 28.8. The van der Waals surface area contributed by atoms with Gasteiger partial charge in [0.25, 0.3) is 0 Å². The molecule has 5 rings (SSSR count). The van der Waals surface area contributed by atoms with E-state index in [2.05, 4.69) is 20.7 Å². The molecule has 1 aromatic carbocycles. The molecular weight excluding hydrogens is 452 g/mol. The first-order chi connectivity index (χ1) is 17.0. The van der Waals surface area contributed by atoms with Crippen molar-refractivity contribution in [1.82, 2.24) is 30.4 Å². The zero-order chi connectivity index (χ0) is 24.2. The standard InChI is InChI=1S/C24H28N6O5/c1-16-7-9-20(35-16)24-26-28-30(27-24)14-23(32)29(13-22(31)25-18-5-3-2-4-6-18)12-17-8-10-19-21(11-17)34-15-33-19/h7-11,18H,2-6,12-15H2,1H3,(H,25,31). The lowest BCUT2D eigenvalue weighted by atomic mass is 9.95. The molecule has 2 aromatic heterocycles. The van der Waals surface area contributed by atoms with Gasteiger partial charge in [-0.15, -0.1) is 10.2 Å². The smallest absolute Gasteiger partial charge is 0.247 e. The second-order valence-electron chi connectivity index (χ2n) is 8.89. The lowest BCUT2D eigenvalue weighted by Crippen LogP contribution is -2.45. The Bertz CT molecular complexity index is 1200. The highest BCUT2D eigenvalue weighted by molar-refractivity contribution is 5.84. The van der Waals surface area contributed by atoms with Crippen molar-refractivity contribution in [2.24, 2.45) is 0 Å². The number of aryl methyl sites for hydroxylation is 1. The van der Waals surface area contributed by atoms with Crippen molar-refractivity contribution in [3.63, 3.8) is 0 Å². The fourth-order valence-corrected chi connectivity index (χ4v) is 4.37.